The van der Waals surface area contributed by atoms with Crippen LogP contribution in [0.2, 0.25) is 5.02 Å². The first-order chi connectivity index (χ1) is 13.5. The summed E-state index contributed by atoms with van der Waals surface area (Å²) in [5.74, 6) is -0.502. The summed E-state index contributed by atoms with van der Waals surface area (Å²) < 4.78 is 6.63. The molecule has 1 amide bonds. The number of hydrogen-bond donors (Lipinski definition) is 0. The van der Waals surface area contributed by atoms with Gasteiger partial charge in [0.15, 0.2) is 0 Å². The molecule has 8 heteroatoms. The third-order valence-electron chi connectivity index (χ3n) is 4.49. The maximum Gasteiger partial charge on any atom is 0.338 e. The number of amides is 1. The number of halogens is 1. The Kier molecular flexibility index (Phi) is 4.83. The fourth-order valence-corrected chi connectivity index (χ4v) is 3.31. The lowest BCUT2D eigenvalue weighted by molar-refractivity contribution is -0.117. The van der Waals surface area contributed by atoms with E-state index in [-0.39, 0.29) is 18.1 Å². The van der Waals surface area contributed by atoms with E-state index in [0.29, 0.717) is 40.6 Å². The van der Waals surface area contributed by atoms with Crippen LogP contribution in [0.4, 0.5) is 5.69 Å². The number of fused-ring (bicyclic) bond motifs is 1. The summed E-state index contributed by atoms with van der Waals surface area (Å²) in [5.41, 5.74) is 1.45. The standard InChI is InChI=1S/C20H16ClN3O4/c21-14-6-7-17-22-15(10-19(26)24(17)11-14)12-28-20(27)13-3-1-4-16(9-13)23-8-2-5-18(23)25/h1,3-4,6-7,9-11H,2,5,8,12H2. The van der Waals surface area contributed by atoms with Gasteiger partial charge in [-0.05, 0) is 36.8 Å². The monoisotopic (exact) mass is 397 g/mol. The number of ether oxygens (including phenoxy) is 1. The SMILES string of the molecule is O=C(OCc1cc(=O)n2cc(Cl)ccc2n1)c1cccc(N2CCCC2=O)c1. The molecule has 1 aromatic carbocycles. The van der Waals surface area contributed by atoms with Crippen molar-refractivity contribution in [1.82, 2.24) is 9.38 Å². The summed E-state index contributed by atoms with van der Waals surface area (Å²) >= 11 is 5.89. The lowest BCUT2D eigenvalue weighted by Gasteiger charge is -2.16. The number of carbonyl (C=O) groups is 2. The van der Waals surface area contributed by atoms with Crippen molar-refractivity contribution in [3.8, 4) is 0 Å². The van der Waals surface area contributed by atoms with E-state index >= 15 is 0 Å². The number of benzene rings is 1. The molecule has 7 nitrogen and oxygen atoms in total. The van der Waals surface area contributed by atoms with Crippen LogP contribution in [0.1, 0.15) is 28.9 Å². The lowest BCUT2D eigenvalue weighted by Crippen LogP contribution is -2.23. The zero-order chi connectivity index (χ0) is 19.7. The summed E-state index contributed by atoms with van der Waals surface area (Å²) in [7, 11) is 0. The van der Waals surface area contributed by atoms with Crippen LogP contribution in [0.3, 0.4) is 0 Å². The van der Waals surface area contributed by atoms with Crippen molar-refractivity contribution in [3.05, 3.63) is 75.3 Å². The summed E-state index contributed by atoms with van der Waals surface area (Å²) in [5, 5.41) is 0.423. The molecule has 4 rings (SSSR count). The van der Waals surface area contributed by atoms with Gasteiger partial charge >= 0.3 is 5.97 Å². The second kappa shape index (κ2) is 7.44. The molecule has 0 spiro atoms. The van der Waals surface area contributed by atoms with Crippen molar-refractivity contribution in [1.29, 1.82) is 0 Å². The normalized spacial score (nSPS) is 13.9. The second-order valence-corrected chi connectivity index (χ2v) is 6.87. The highest BCUT2D eigenvalue weighted by atomic mass is 35.5. The number of hydrogen-bond acceptors (Lipinski definition) is 5. The van der Waals surface area contributed by atoms with E-state index in [1.54, 1.807) is 41.3 Å². The van der Waals surface area contributed by atoms with Crippen molar-refractivity contribution in [2.75, 3.05) is 11.4 Å². The molecule has 0 unspecified atom stereocenters. The van der Waals surface area contributed by atoms with Gasteiger partial charge < -0.3 is 9.64 Å². The molecule has 1 saturated heterocycles. The molecule has 28 heavy (non-hydrogen) atoms. The number of anilines is 1. The number of nitrogens with zero attached hydrogens (tertiary/aromatic N) is 3. The van der Waals surface area contributed by atoms with E-state index in [1.807, 2.05) is 0 Å². The smallest absolute Gasteiger partial charge is 0.338 e. The van der Waals surface area contributed by atoms with E-state index in [0.717, 1.165) is 6.42 Å². The number of esters is 1. The molecule has 0 atom stereocenters. The Balaban J connectivity index is 1.50. The molecule has 3 aromatic rings. The number of pyridine rings is 1. The molecule has 1 fully saturated rings. The van der Waals surface area contributed by atoms with Crippen LogP contribution in [-0.4, -0.2) is 27.8 Å². The maximum atomic E-state index is 12.4. The molecule has 0 aliphatic carbocycles. The molecule has 1 aliphatic heterocycles. The van der Waals surface area contributed by atoms with Crippen molar-refractivity contribution < 1.29 is 14.3 Å². The number of carbonyl (C=O) groups excluding carboxylic acids is 2. The van der Waals surface area contributed by atoms with Gasteiger partial charge in [-0.2, -0.15) is 0 Å². The van der Waals surface area contributed by atoms with Gasteiger partial charge in [-0.25, -0.2) is 9.78 Å². The molecule has 1 aliphatic rings. The van der Waals surface area contributed by atoms with Crippen molar-refractivity contribution in [2.45, 2.75) is 19.4 Å². The summed E-state index contributed by atoms with van der Waals surface area (Å²) in [6.45, 7) is 0.506. The zero-order valence-electron chi connectivity index (χ0n) is 14.8. The predicted molar refractivity (Wildman–Crippen MR) is 104 cm³/mol. The molecule has 2 aromatic heterocycles. The average molecular weight is 398 g/mol. The first-order valence-corrected chi connectivity index (χ1v) is 9.14. The fraction of sp³-hybridized carbons (Fsp3) is 0.200. The minimum Gasteiger partial charge on any atom is -0.456 e. The largest absolute Gasteiger partial charge is 0.456 e. The summed E-state index contributed by atoms with van der Waals surface area (Å²) in [6.07, 6.45) is 2.80. The number of rotatable bonds is 4. The molecule has 3 heterocycles. The molecule has 0 saturated carbocycles. The Labute approximate surface area is 165 Å². The first-order valence-electron chi connectivity index (χ1n) is 8.77. The van der Waals surface area contributed by atoms with E-state index in [1.165, 1.54) is 16.7 Å². The van der Waals surface area contributed by atoms with Crippen molar-refractivity contribution >= 4 is 34.8 Å². The second-order valence-electron chi connectivity index (χ2n) is 6.44. The molecule has 0 N–H and O–H groups in total. The van der Waals surface area contributed by atoms with Crippen LogP contribution < -0.4 is 10.5 Å². The first kappa shape index (κ1) is 18.2. The molecule has 0 radical (unpaired) electrons. The Morgan fingerprint density at radius 2 is 2.04 bits per heavy atom. The van der Waals surface area contributed by atoms with Crippen LogP contribution in [0.25, 0.3) is 5.65 Å². The van der Waals surface area contributed by atoms with Gasteiger partial charge in [0.1, 0.15) is 12.3 Å². The van der Waals surface area contributed by atoms with Gasteiger partial charge in [-0.1, -0.05) is 17.7 Å². The summed E-state index contributed by atoms with van der Waals surface area (Å²) in [4.78, 5) is 42.4. The van der Waals surface area contributed by atoms with E-state index in [2.05, 4.69) is 4.98 Å². The third kappa shape index (κ3) is 3.61. The van der Waals surface area contributed by atoms with Crippen LogP contribution >= 0.6 is 11.6 Å². The predicted octanol–water partition coefficient (Wildman–Crippen LogP) is 2.83. The minimum atomic E-state index is -0.549. The van der Waals surface area contributed by atoms with Crippen LogP contribution in [0.15, 0.2) is 53.5 Å². The zero-order valence-corrected chi connectivity index (χ0v) is 15.6. The molecular formula is C20H16ClN3O4. The quantitative estimate of drug-likeness (QED) is 0.632. The topological polar surface area (TPSA) is 81.0 Å². The third-order valence-corrected chi connectivity index (χ3v) is 4.72. The Morgan fingerprint density at radius 3 is 2.82 bits per heavy atom. The van der Waals surface area contributed by atoms with E-state index in [4.69, 9.17) is 16.3 Å². The van der Waals surface area contributed by atoms with Crippen molar-refractivity contribution in [3.63, 3.8) is 0 Å². The molecule has 0 bridgehead atoms. The highest BCUT2D eigenvalue weighted by molar-refractivity contribution is 6.30. The van der Waals surface area contributed by atoms with Gasteiger partial charge in [0, 0.05) is 30.9 Å². The van der Waals surface area contributed by atoms with Crippen molar-refractivity contribution in [2.24, 2.45) is 0 Å². The van der Waals surface area contributed by atoms with Gasteiger partial charge in [-0.3, -0.25) is 14.0 Å². The summed E-state index contributed by atoms with van der Waals surface area (Å²) in [6, 6.07) is 11.3. The van der Waals surface area contributed by atoms with Gasteiger partial charge in [0.2, 0.25) is 5.91 Å². The minimum absolute atomic E-state index is 0.0476. The van der Waals surface area contributed by atoms with Gasteiger partial charge in [0.25, 0.3) is 5.56 Å². The highest BCUT2D eigenvalue weighted by Gasteiger charge is 2.22. The Hall–Kier alpha value is -3.19. The molecule has 142 valence electrons. The van der Waals surface area contributed by atoms with Gasteiger partial charge in [0.05, 0.1) is 16.3 Å². The van der Waals surface area contributed by atoms with Crippen LogP contribution in [0.5, 0.6) is 0 Å². The number of aromatic nitrogens is 2. The van der Waals surface area contributed by atoms with Crippen LogP contribution in [0, 0.1) is 0 Å². The van der Waals surface area contributed by atoms with E-state index < -0.39 is 5.97 Å². The van der Waals surface area contributed by atoms with Crippen LogP contribution in [-0.2, 0) is 16.1 Å². The Morgan fingerprint density at radius 1 is 1.18 bits per heavy atom. The highest BCUT2D eigenvalue weighted by Crippen LogP contribution is 2.22. The van der Waals surface area contributed by atoms with Gasteiger partial charge in [-0.15, -0.1) is 0 Å². The molecular weight excluding hydrogens is 382 g/mol. The Bertz CT molecular complexity index is 1140. The van der Waals surface area contributed by atoms with E-state index in [9.17, 15) is 14.4 Å². The average Bonchev–Trinajstić information content (AvgIpc) is 3.13. The maximum absolute atomic E-state index is 12.4. The fourth-order valence-electron chi connectivity index (χ4n) is 3.14. The lowest BCUT2D eigenvalue weighted by atomic mass is 10.2.